The number of carbonyl (C=O) groups excluding carboxylic acids is 3. The van der Waals surface area contributed by atoms with Crippen LogP contribution in [0, 0.1) is 0 Å². The van der Waals surface area contributed by atoms with E-state index in [1.165, 1.54) is 5.56 Å². The Labute approximate surface area is 221 Å². The smallest absolute Gasteiger partial charge is 0.408 e. The van der Waals surface area contributed by atoms with Crippen LogP contribution in [-0.4, -0.2) is 58.0 Å². The fraction of sp³-hybridized carbons (Fsp3) is 0.679. The first kappa shape index (κ1) is 30.0. The van der Waals surface area contributed by atoms with E-state index < -0.39 is 29.3 Å². The van der Waals surface area contributed by atoms with E-state index in [0.717, 1.165) is 31.2 Å². The van der Waals surface area contributed by atoms with Gasteiger partial charge in [-0.05, 0) is 96.8 Å². The number of alkyl carbamates (subject to hydrolysis) is 1. The summed E-state index contributed by atoms with van der Waals surface area (Å²) in [5.41, 5.74) is 0.802. The first-order chi connectivity index (χ1) is 16.8. The number of thioether (sulfide) groups is 1. The molecule has 7 nitrogen and oxygen atoms in total. The van der Waals surface area contributed by atoms with E-state index >= 15 is 0 Å². The highest BCUT2D eigenvalue weighted by Crippen LogP contribution is 2.34. The number of benzene rings is 1. The SMILES string of the molecule is CCc1ccc(C(C(=O)NC(C)(C)C)N(C(=O)C(CCSC)NC(=O)OC(C)(C)C)C2CCC2)cc1. The first-order valence-corrected chi connectivity index (χ1v) is 14.4. The summed E-state index contributed by atoms with van der Waals surface area (Å²) in [6.45, 7) is 13.3. The molecule has 1 saturated carbocycles. The lowest BCUT2D eigenvalue weighted by molar-refractivity contribution is -0.148. The Balaban J connectivity index is 2.48. The summed E-state index contributed by atoms with van der Waals surface area (Å²) in [5, 5.41) is 5.90. The molecule has 0 bridgehead atoms. The highest BCUT2D eigenvalue weighted by molar-refractivity contribution is 7.98. The largest absolute Gasteiger partial charge is 0.444 e. The summed E-state index contributed by atoms with van der Waals surface area (Å²) in [4.78, 5) is 42.3. The van der Waals surface area contributed by atoms with E-state index in [1.807, 2.05) is 51.3 Å². The van der Waals surface area contributed by atoms with Crippen LogP contribution in [0.25, 0.3) is 0 Å². The second kappa shape index (κ2) is 12.8. The summed E-state index contributed by atoms with van der Waals surface area (Å²) in [7, 11) is 0. The van der Waals surface area contributed by atoms with Crippen molar-refractivity contribution >= 4 is 29.7 Å². The van der Waals surface area contributed by atoms with Crippen LogP contribution in [0.5, 0.6) is 0 Å². The molecular formula is C28H45N3O4S. The van der Waals surface area contributed by atoms with Crippen LogP contribution < -0.4 is 10.6 Å². The predicted octanol–water partition coefficient (Wildman–Crippen LogP) is 5.23. The Bertz CT molecular complexity index is 886. The summed E-state index contributed by atoms with van der Waals surface area (Å²) in [5.74, 6) is 0.232. The topological polar surface area (TPSA) is 87.7 Å². The summed E-state index contributed by atoms with van der Waals surface area (Å²) in [6.07, 6.45) is 5.35. The van der Waals surface area contributed by atoms with Crippen LogP contribution in [0.1, 0.15) is 91.3 Å². The minimum absolute atomic E-state index is 0.0590. The van der Waals surface area contributed by atoms with Crippen LogP contribution >= 0.6 is 11.8 Å². The van der Waals surface area contributed by atoms with Gasteiger partial charge >= 0.3 is 6.09 Å². The van der Waals surface area contributed by atoms with E-state index in [0.29, 0.717) is 12.2 Å². The van der Waals surface area contributed by atoms with Crippen molar-refractivity contribution in [2.75, 3.05) is 12.0 Å². The second-order valence-corrected chi connectivity index (χ2v) is 12.5. The number of carbonyl (C=O) groups is 3. The van der Waals surface area contributed by atoms with Gasteiger partial charge in [-0.3, -0.25) is 9.59 Å². The van der Waals surface area contributed by atoms with Gasteiger partial charge in [-0.1, -0.05) is 31.2 Å². The standard InChI is InChI=1S/C28H45N3O4S/c1-9-19-13-15-20(16-14-19)23(24(32)30-27(2,3)4)31(21-11-10-12-21)25(33)22(17-18-36-8)29-26(34)35-28(5,6)7/h13-16,21-23H,9-12,17-18H2,1-8H3,(H,29,34)(H,30,32). The van der Waals surface area contributed by atoms with Crippen molar-refractivity contribution in [3.8, 4) is 0 Å². The molecule has 0 saturated heterocycles. The molecule has 2 atom stereocenters. The van der Waals surface area contributed by atoms with Gasteiger partial charge in [0.2, 0.25) is 11.8 Å². The number of ether oxygens (including phenoxy) is 1. The molecule has 0 spiro atoms. The van der Waals surface area contributed by atoms with Gasteiger partial charge in [-0.25, -0.2) is 4.79 Å². The first-order valence-electron chi connectivity index (χ1n) is 13.0. The lowest BCUT2D eigenvalue weighted by atomic mass is 9.87. The molecule has 0 radical (unpaired) electrons. The molecule has 3 amide bonds. The quantitative estimate of drug-likeness (QED) is 0.442. The Morgan fingerprint density at radius 1 is 1.08 bits per heavy atom. The second-order valence-electron chi connectivity index (χ2n) is 11.5. The number of aryl methyl sites for hydroxylation is 1. The number of nitrogens with one attached hydrogen (secondary N) is 2. The molecule has 1 aliphatic rings. The number of hydrogen-bond acceptors (Lipinski definition) is 5. The third-order valence-electron chi connectivity index (χ3n) is 6.05. The average molecular weight is 520 g/mol. The van der Waals surface area contributed by atoms with Gasteiger partial charge in [0.05, 0.1) is 0 Å². The van der Waals surface area contributed by atoms with Crippen molar-refractivity contribution in [1.29, 1.82) is 0 Å². The highest BCUT2D eigenvalue weighted by atomic mass is 32.2. The van der Waals surface area contributed by atoms with Crippen LogP contribution in [-0.2, 0) is 20.7 Å². The highest BCUT2D eigenvalue weighted by Gasteiger charge is 2.42. The van der Waals surface area contributed by atoms with Crippen molar-refractivity contribution in [1.82, 2.24) is 15.5 Å². The van der Waals surface area contributed by atoms with Crippen molar-refractivity contribution in [3.05, 3.63) is 35.4 Å². The molecule has 2 rings (SSSR count). The van der Waals surface area contributed by atoms with Gasteiger partial charge in [-0.2, -0.15) is 11.8 Å². The molecule has 2 N–H and O–H groups in total. The number of nitrogens with zero attached hydrogens (tertiary/aromatic N) is 1. The molecule has 36 heavy (non-hydrogen) atoms. The van der Waals surface area contributed by atoms with Crippen LogP contribution in [0.15, 0.2) is 24.3 Å². The lowest BCUT2D eigenvalue weighted by Crippen LogP contribution is -2.58. The van der Waals surface area contributed by atoms with E-state index in [2.05, 4.69) is 17.6 Å². The number of rotatable bonds is 10. The van der Waals surface area contributed by atoms with Gasteiger partial charge < -0.3 is 20.3 Å². The minimum Gasteiger partial charge on any atom is -0.444 e. The summed E-state index contributed by atoms with van der Waals surface area (Å²) in [6, 6.07) is 6.29. The average Bonchev–Trinajstić information content (AvgIpc) is 2.72. The van der Waals surface area contributed by atoms with E-state index in [1.54, 1.807) is 37.4 Å². The Hall–Kier alpha value is -2.22. The monoisotopic (exact) mass is 519 g/mol. The van der Waals surface area contributed by atoms with Crippen LogP contribution in [0.4, 0.5) is 4.79 Å². The predicted molar refractivity (Wildman–Crippen MR) is 147 cm³/mol. The maximum atomic E-state index is 14.2. The zero-order chi connectivity index (χ0) is 27.1. The van der Waals surface area contributed by atoms with Gasteiger partial charge in [0.15, 0.2) is 0 Å². The van der Waals surface area contributed by atoms with E-state index in [4.69, 9.17) is 4.74 Å². The Morgan fingerprint density at radius 2 is 1.69 bits per heavy atom. The molecule has 0 aliphatic heterocycles. The molecule has 1 aromatic carbocycles. The maximum Gasteiger partial charge on any atom is 0.408 e. The van der Waals surface area contributed by atoms with Crippen molar-refractivity contribution in [2.45, 2.75) is 110 Å². The van der Waals surface area contributed by atoms with Gasteiger partial charge in [-0.15, -0.1) is 0 Å². The van der Waals surface area contributed by atoms with Crippen LogP contribution in [0.2, 0.25) is 0 Å². The fourth-order valence-corrected chi connectivity index (χ4v) is 4.59. The third-order valence-corrected chi connectivity index (χ3v) is 6.69. The number of amides is 3. The van der Waals surface area contributed by atoms with Gasteiger partial charge in [0, 0.05) is 11.6 Å². The molecule has 8 heteroatoms. The van der Waals surface area contributed by atoms with Gasteiger partial charge in [0.1, 0.15) is 17.7 Å². The molecule has 1 aromatic rings. The lowest BCUT2D eigenvalue weighted by Gasteiger charge is -2.44. The van der Waals surface area contributed by atoms with Crippen LogP contribution in [0.3, 0.4) is 0 Å². The Kier molecular flexibility index (Phi) is 10.7. The van der Waals surface area contributed by atoms with E-state index in [-0.39, 0.29) is 17.9 Å². The molecule has 0 aromatic heterocycles. The Morgan fingerprint density at radius 3 is 2.14 bits per heavy atom. The molecule has 202 valence electrons. The summed E-state index contributed by atoms with van der Waals surface area (Å²) >= 11 is 1.61. The summed E-state index contributed by atoms with van der Waals surface area (Å²) < 4.78 is 5.46. The molecule has 0 heterocycles. The van der Waals surface area contributed by atoms with Crippen molar-refractivity contribution in [3.63, 3.8) is 0 Å². The third kappa shape index (κ3) is 9.02. The van der Waals surface area contributed by atoms with Gasteiger partial charge in [0.25, 0.3) is 0 Å². The molecular weight excluding hydrogens is 474 g/mol. The van der Waals surface area contributed by atoms with Crippen molar-refractivity contribution < 1.29 is 19.1 Å². The number of hydrogen-bond donors (Lipinski definition) is 2. The van der Waals surface area contributed by atoms with Crippen molar-refractivity contribution in [2.24, 2.45) is 0 Å². The maximum absolute atomic E-state index is 14.2. The van der Waals surface area contributed by atoms with E-state index in [9.17, 15) is 14.4 Å². The normalized spacial score (nSPS) is 15.9. The fourth-order valence-electron chi connectivity index (χ4n) is 4.12. The minimum atomic E-state index is -0.787. The molecule has 1 fully saturated rings. The molecule has 2 unspecified atom stereocenters. The zero-order valence-corrected chi connectivity index (χ0v) is 24.1. The molecule has 1 aliphatic carbocycles. The zero-order valence-electron chi connectivity index (χ0n) is 23.3.